The maximum absolute atomic E-state index is 11.2. The molecule has 1 aliphatic heterocycles. The topological polar surface area (TPSA) is 66.3 Å². The summed E-state index contributed by atoms with van der Waals surface area (Å²) in [6, 6.07) is 0. The Kier molecular flexibility index (Phi) is 4.41. The maximum atomic E-state index is 11.2. The molecule has 1 aliphatic rings. The van der Waals surface area contributed by atoms with Crippen molar-refractivity contribution in [2.45, 2.75) is 12.8 Å². The van der Waals surface area contributed by atoms with Crippen LogP contribution in [0.5, 0.6) is 0 Å². The van der Waals surface area contributed by atoms with Crippen LogP contribution in [0.15, 0.2) is 12.5 Å². The lowest BCUT2D eigenvalue weighted by molar-refractivity contribution is 0.0696. The molecule has 0 bridgehead atoms. The molecule has 1 aromatic heterocycles. The molecular weight excluding hydrogens is 250 g/mol. The van der Waals surface area contributed by atoms with Gasteiger partial charge in [-0.05, 0) is 30.8 Å². The van der Waals surface area contributed by atoms with Crippen molar-refractivity contribution < 1.29 is 9.90 Å². The third-order valence-electron chi connectivity index (χ3n) is 3.14. The van der Waals surface area contributed by atoms with Crippen molar-refractivity contribution in [1.82, 2.24) is 9.97 Å². The fourth-order valence-electron chi connectivity index (χ4n) is 2.36. The zero-order valence-electron chi connectivity index (χ0n) is 10.4. The van der Waals surface area contributed by atoms with Gasteiger partial charge in [0, 0.05) is 19.3 Å². The van der Waals surface area contributed by atoms with E-state index < -0.39 is 5.97 Å². The summed E-state index contributed by atoms with van der Waals surface area (Å²) in [6.45, 7) is 1.76. The van der Waals surface area contributed by atoms with Crippen LogP contribution in [-0.2, 0) is 0 Å². The van der Waals surface area contributed by atoms with Gasteiger partial charge in [-0.3, -0.25) is 0 Å². The largest absolute Gasteiger partial charge is 0.477 e. The monoisotopic (exact) mass is 267 g/mol. The molecular formula is C12H17N3O2S. The van der Waals surface area contributed by atoms with Gasteiger partial charge in [0.15, 0.2) is 0 Å². The fourth-order valence-corrected chi connectivity index (χ4v) is 3.10. The van der Waals surface area contributed by atoms with Crippen LogP contribution < -0.4 is 4.90 Å². The number of thioether (sulfide) groups is 1. The predicted octanol–water partition coefficient (Wildman–Crippen LogP) is 1.75. The average molecular weight is 267 g/mol. The first kappa shape index (κ1) is 13.1. The lowest BCUT2D eigenvalue weighted by atomic mass is 10.00. The summed E-state index contributed by atoms with van der Waals surface area (Å²) in [5.74, 6) is 1.33. The maximum Gasteiger partial charge on any atom is 0.341 e. The van der Waals surface area contributed by atoms with E-state index in [-0.39, 0.29) is 5.56 Å². The number of hydrogen-bond acceptors (Lipinski definition) is 5. The molecule has 98 valence electrons. The van der Waals surface area contributed by atoms with E-state index in [1.165, 1.54) is 18.9 Å². The van der Waals surface area contributed by atoms with Crippen LogP contribution in [0.4, 0.5) is 5.82 Å². The van der Waals surface area contributed by atoms with Gasteiger partial charge in [-0.25, -0.2) is 14.8 Å². The molecule has 0 aliphatic carbocycles. The molecule has 1 fully saturated rings. The minimum atomic E-state index is -0.961. The van der Waals surface area contributed by atoms with Crippen LogP contribution in [0, 0.1) is 5.92 Å². The average Bonchev–Trinajstić information content (AvgIpc) is 2.39. The predicted molar refractivity (Wildman–Crippen MR) is 72.3 cm³/mol. The lowest BCUT2D eigenvalue weighted by Crippen LogP contribution is -2.37. The molecule has 18 heavy (non-hydrogen) atoms. The first-order valence-electron chi connectivity index (χ1n) is 5.99. The zero-order chi connectivity index (χ0) is 13.0. The minimum absolute atomic E-state index is 0.197. The Bertz CT molecular complexity index is 426. The number of rotatable bonds is 4. The molecule has 1 saturated heterocycles. The van der Waals surface area contributed by atoms with Gasteiger partial charge in [-0.1, -0.05) is 0 Å². The third kappa shape index (κ3) is 2.93. The van der Waals surface area contributed by atoms with Gasteiger partial charge in [-0.2, -0.15) is 11.8 Å². The zero-order valence-corrected chi connectivity index (χ0v) is 11.2. The van der Waals surface area contributed by atoms with Crippen LogP contribution in [0.25, 0.3) is 0 Å². The SMILES string of the molecule is CSC[C@H]1CCCN(c2ncncc2C(=O)O)C1. The summed E-state index contributed by atoms with van der Waals surface area (Å²) < 4.78 is 0. The first-order valence-corrected chi connectivity index (χ1v) is 7.39. The molecule has 2 heterocycles. The number of piperidine rings is 1. The van der Waals surface area contributed by atoms with Crippen molar-refractivity contribution >= 4 is 23.5 Å². The molecule has 0 aromatic carbocycles. The quantitative estimate of drug-likeness (QED) is 0.896. The van der Waals surface area contributed by atoms with Crippen molar-refractivity contribution in [3.8, 4) is 0 Å². The molecule has 0 radical (unpaired) electrons. The summed E-state index contributed by atoms with van der Waals surface area (Å²) in [5, 5.41) is 9.15. The number of nitrogens with zero attached hydrogens (tertiary/aromatic N) is 3. The third-order valence-corrected chi connectivity index (χ3v) is 3.95. The van der Waals surface area contributed by atoms with Crippen molar-refractivity contribution in [2.75, 3.05) is 30.0 Å². The Morgan fingerprint density at radius 1 is 1.67 bits per heavy atom. The van der Waals surface area contributed by atoms with Gasteiger partial charge >= 0.3 is 5.97 Å². The Balaban J connectivity index is 2.18. The summed E-state index contributed by atoms with van der Waals surface area (Å²) in [6.07, 6.45) is 7.20. The summed E-state index contributed by atoms with van der Waals surface area (Å²) in [5.41, 5.74) is 0.197. The van der Waals surface area contributed by atoms with E-state index >= 15 is 0 Å². The van der Waals surface area contributed by atoms with Crippen molar-refractivity contribution in [3.63, 3.8) is 0 Å². The molecule has 0 saturated carbocycles. The minimum Gasteiger partial charge on any atom is -0.477 e. The smallest absolute Gasteiger partial charge is 0.341 e. The van der Waals surface area contributed by atoms with E-state index in [1.807, 2.05) is 11.8 Å². The van der Waals surface area contributed by atoms with Crippen LogP contribution in [0.2, 0.25) is 0 Å². The van der Waals surface area contributed by atoms with E-state index in [4.69, 9.17) is 5.11 Å². The fraction of sp³-hybridized carbons (Fsp3) is 0.583. The highest BCUT2D eigenvalue weighted by Crippen LogP contribution is 2.25. The first-order chi connectivity index (χ1) is 8.72. The second-order valence-corrected chi connectivity index (χ2v) is 5.39. The second-order valence-electron chi connectivity index (χ2n) is 4.47. The molecule has 5 nitrogen and oxygen atoms in total. The molecule has 2 rings (SSSR count). The highest BCUT2D eigenvalue weighted by atomic mass is 32.2. The standard InChI is InChI=1S/C12H17N3O2S/c1-18-7-9-3-2-4-15(6-9)11-10(12(16)17)5-13-8-14-11/h5,8-9H,2-4,6-7H2,1H3,(H,16,17)/t9-/m0/s1. The molecule has 0 amide bonds. The van der Waals surface area contributed by atoms with E-state index in [0.29, 0.717) is 11.7 Å². The number of aromatic carboxylic acids is 1. The Labute approximate surface area is 111 Å². The second kappa shape index (κ2) is 6.04. The lowest BCUT2D eigenvalue weighted by Gasteiger charge is -2.33. The molecule has 1 aromatic rings. The van der Waals surface area contributed by atoms with E-state index in [0.717, 1.165) is 25.3 Å². The van der Waals surface area contributed by atoms with Crippen molar-refractivity contribution in [1.29, 1.82) is 0 Å². The van der Waals surface area contributed by atoms with Crippen LogP contribution in [0.1, 0.15) is 23.2 Å². The number of carboxylic acids is 1. The number of aromatic nitrogens is 2. The van der Waals surface area contributed by atoms with E-state index in [9.17, 15) is 4.79 Å². The molecule has 1 atom stereocenters. The van der Waals surface area contributed by atoms with Crippen molar-refractivity contribution in [3.05, 3.63) is 18.1 Å². The molecule has 0 spiro atoms. The molecule has 6 heteroatoms. The number of hydrogen-bond donors (Lipinski definition) is 1. The Hall–Kier alpha value is -1.30. The normalized spacial score (nSPS) is 19.8. The van der Waals surface area contributed by atoms with Crippen LogP contribution in [0.3, 0.4) is 0 Å². The Morgan fingerprint density at radius 3 is 3.22 bits per heavy atom. The van der Waals surface area contributed by atoms with E-state index in [1.54, 1.807) is 0 Å². The summed E-state index contributed by atoms with van der Waals surface area (Å²) in [7, 11) is 0. The molecule has 1 N–H and O–H groups in total. The van der Waals surface area contributed by atoms with Crippen LogP contribution >= 0.6 is 11.8 Å². The van der Waals surface area contributed by atoms with Gasteiger partial charge < -0.3 is 10.0 Å². The highest BCUT2D eigenvalue weighted by Gasteiger charge is 2.24. The van der Waals surface area contributed by atoms with Crippen LogP contribution in [-0.4, -0.2) is 46.1 Å². The summed E-state index contributed by atoms with van der Waals surface area (Å²) >= 11 is 1.84. The van der Waals surface area contributed by atoms with Gasteiger partial charge in [0.2, 0.25) is 0 Å². The van der Waals surface area contributed by atoms with Gasteiger partial charge in [0.25, 0.3) is 0 Å². The highest BCUT2D eigenvalue weighted by molar-refractivity contribution is 7.98. The number of carbonyl (C=O) groups is 1. The number of carboxylic acid groups (broad SMARTS) is 1. The number of anilines is 1. The van der Waals surface area contributed by atoms with E-state index in [2.05, 4.69) is 21.1 Å². The Morgan fingerprint density at radius 2 is 2.50 bits per heavy atom. The van der Waals surface area contributed by atoms with Gasteiger partial charge in [0.1, 0.15) is 17.7 Å². The van der Waals surface area contributed by atoms with Gasteiger partial charge in [-0.15, -0.1) is 0 Å². The summed E-state index contributed by atoms with van der Waals surface area (Å²) in [4.78, 5) is 21.2. The van der Waals surface area contributed by atoms with Gasteiger partial charge in [0.05, 0.1) is 0 Å². The molecule has 0 unspecified atom stereocenters. The van der Waals surface area contributed by atoms with Crippen molar-refractivity contribution in [2.24, 2.45) is 5.92 Å².